The van der Waals surface area contributed by atoms with E-state index in [0.29, 0.717) is 16.3 Å². The van der Waals surface area contributed by atoms with Crippen LogP contribution < -0.4 is 15.6 Å². The molecule has 0 spiro atoms. The van der Waals surface area contributed by atoms with E-state index in [1.807, 2.05) is 0 Å². The van der Waals surface area contributed by atoms with Crippen LogP contribution in [0.3, 0.4) is 0 Å². The molecule has 1 aromatic rings. The molecule has 2 fully saturated rings. The lowest BCUT2D eigenvalue weighted by atomic mass is 9.93. The van der Waals surface area contributed by atoms with Crippen LogP contribution in [0, 0.1) is 0 Å². The summed E-state index contributed by atoms with van der Waals surface area (Å²) >= 11 is 5.89. The number of hydrogen-bond acceptors (Lipinski definition) is 4. The molecule has 2 saturated heterocycles. The van der Waals surface area contributed by atoms with Crippen LogP contribution in [-0.4, -0.2) is 42.5 Å². The van der Waals surface area contributed by atoms with E-state index in [0.717, 1.165) is 38.8 Å². The second-order valence-electron chi connectivity index (χ2n) is 5.98. The lowest BCUT2D eigenvalue weighted by molar-refractivity contribution is -0.131. The number of amides is 2. The molecular formula is C16H20ClN3O3. The number of ether oxygens (including phenoxy) is 1. The van der Waals surface area contributed by atoms with Crippen molar-refractivity contribution in [1.82, 2.24) is 15.8 Å². The maximum Gasteiger partial charge on any atom is 0.273 e. The maximum absolute atomic E-state index is 12.6. The molecule has 2 heterocycles. The molecule has 0 bridgehead atoms. The highest BCUT2D eigenvalue weighted by atomic mass is 35.5. The van der Waals surface area contributed by atoms with Crippen molar-refractivity contribution in [2.24, 2.45) is 0 Å². The van der Waals surface area contributed by atoms with Crippen LogP contribution in [-0.2, 0) is 4.79 Å². The molecule has 1 aromatic carbocycles. The van der Waals surface area contributed by atoms with Gasteiger partial charge in [-0.05, 0) is 57.0 Å². The number of rotatable bonds is 3. The molecule has 23 heavy (non-hydrogen) atoms. The fourth-order valence-electron chi connectivity index (χ4n) is 3.63. The molecule has 2 N–H and O–H groups in total. The van der Waals surface area contributed by atoms with E-state index in [-0.39, 0.29) is 5.91 Å². The molecule has 3 rings (SSSR count). The Balaban J connectivity index is 1.66. The summed E-state index contributed by atoms with van der Waals surface area (Å²) in [5.74, 6) is -0.189. The number of methoxy groups -OCH3 is 1. The zero-order valence-electron chi connectivity index (χ0n) is 13.0. The molecule has 0 atom stereocenters. The third kappa shape index (κ3) is 2.88. The highest BCUT2D eigenvalue weighted by molar-refractivity contribution is 6.30. The second-order valence-corrected chi connectivity index (χ2v) is 6.42. The Hall–Kier alpha value is -1.79. The molecule has 0 saturated carbocycles. The molecule has 2 aliphatic heterocycles. The van der Waals surface area contributed by atoms with Gasteiger partial charge in [0, 0.05) is 5.02 Å². The summed E-state index contributed by atoms with van der Waals surface area (Å²) in [7, 11) is 1.47. The Bertz CT molecular complexity index is 625. The van der Waals surface area contributed by atoms with Crippen LogP contribution in [0.25, 0.3) is 0 Å². The number of nitrogens with zero attached hydrogens (tertiary/aromatic N) is 1. The van der Waals surface area contributed by atoms with Crippen LogP contribution in [0.1, 0.15) is 36.0 Å². The third-order valence-electron chi connectivity index (χ3n) is 4.76. The third-order valence-corrected chi connectivity index (χ3v) is 5.00. The van der Waals surface area contributed by atoms with Gasteiger partial charge in [-0.25, -0.2) is 0 Å². The predicted octanol–water partition coefficient (Wildman–Crippen LogP) is 1.74. The molecule has 124 valence electrons. The minimum atomic E-state index is -0.447. The van der Waals surface area contributed by atoms with Gasteiger partial charge in [-0.2, -0.15) is 0 Å². The minimum absolute atomic E-state index is 0.131. The molecule has 0 unspecified atom stereocenters. The Morgan fingerprint density at radius 2 is 1.91 bits per heavy atom. The normalized spacial score (nSPS) is 19.2. The van der Waals surface area contributed by atoms with Crippen molar-refractivity contribution >= 4 is 23.4 Å². The Morgan fingerprint density at radius 3 is 2.57 bits per heavy atom. The largest absolute Gasteiger partial charge is 0.496 e. The van der Waals surface area contributed by atoms with Gasteiger partial charge in [0.1, 0.15) is 11.3 Å². The van der Waals surface area contributed by atoms with Crippen molar-refractivity contribution < 1.29 is 14.3 Å². The molecule has 2 aliphatic rings. The summed E-state index contributed by atoms with van der Waals surface area (Å²) in [5.41, 5.74) is 4.95. The van der Waals surface area contributed by atoms with Gasteiger partial charge < -0.3 is 4.74 Å². The van der Waals surface area contributed by atoms with Gasteiger partial charge in [0.2, 0.25) is 0 Å². The Morgan fingerprint density at radius 1 is 1.22 bits per heavy atom. The number of hydrazine groups is 1. The lowest BCUT2D eigenvalue weighted by Crippen LogP contribution is -2.56. The van der Waals surface area contributed by atoms with Crippen molar-refractivity contribution in [2.75, 3.05) is 20.2 Å². The van der Waals surface area contributed by atoms with Crippen molar-refractivity contribution in [1.29, 1.82) is 0 Å². The standard InChI is InChI=1S/C16H20ClN3O3/c1-23-13-10-11(17)4-5-12(13)14(21)18-19-15(22)16-6-2-8-20(16)9-3-7-16/h4-5,10H,2-3,6-9H2,1H3,(H,18,21)(H,19,22). The average molecular weight is 338 g/mol. The number of benzene rings is 1. The monoisotopic (exact) mass is 337 g/mol. The zero-order valence-corrected chi connectivity index (χ0v) is 13.8. The summed E-state index contributed by atoms with van der Waals surface area (Å²) in [6.45, 7) is 1.90. The van der Waals surface area contributed by atoms with Crippen LogP contribution >= 0.6 is 11.6 Å². The summed E-state index contributed by atoms with van der Waals surface area (Å²) < 4.78 is 5.16. The van der Waals surface area contributed by atoms with Crippen LogP contribution in [0.15, 0.2) is 18.2 Å². The van der Waals surface area contributed by atoms with E-state index in [1.54, 1.807) is 18.2 Å². The summed E-state index contributed by atoms with van der Waals surface area (Å²) in [6.07, 6.45) is 3.73. The fourth-order valence-corrected chi connectivity index (χ4v) is 3.79. The predicted molar refractivity (Wildman–Crippen MR) is 86.4 cm³/mol. The first-order valence-electron chi connectivity index (χ1n) is 7.76. The Kier molecular flexibility index (Phi) is 4.46. The van der Waals surface area contributed by atoms with Gasteiger partial charge in [-0.15, -0.1) is 0 Å². The number of halogens is 1. The van der Waals surface area contributed by atoms with E-state index < -0.39 is 11.4 Å². The number of carbonyl (C=O) groups excluding carboxylic acids is 2. The zero-order chi connectivity index (χ0) is 16.4. The first-order chi connectivity index (χ1) is 11.1. The second kappa shape index (κ2) is 6.37. The highest BCUT2D eigenvalue weighted by Gasteiger charge is 2.50. The number of carbonyl (C=O) groups is 2. The fraction of sp³-hybridized carbons (Fsp3) is 0.500. The molecule has 6 nitrogen and oxygen atoms in total. The molecule has 0 radical (unpaired) electrons. The van der Waals surface area contributed by atoms with Gasteiger partial charge >= 0.3 is 0 Å². The molecule has 0 aromatic heterocycles. The van der Waals surface area contributed by atoms with Crippen molar-refractivity contribution in [3.63, 3.8) is 0 Å². The molecule has 7 heteroatoms. The van der Waals surface area contributed by atoms with Gasteiger partial charge in [-0.1, -0.05) is 11.6 Å². The van der Waals surface area contributed by atoms with Crippen molar-refractivity contribution in [3.05, 3.63) is 28.8 Å². The first kappa shape index (κ1) is 16.1. The van der Waals surface area contributed by atoms with E-state index in [9.17, 15) is 9.59 Å². The number of hydrogen-bond donors (Lipinski definition) is 2. The van der Waals surface area contributed by atoms with E-state index >= 15 is 0 Å². The lowest BCUT2D eigenvalue weighted by Gasteiger charge is -2.30. The number of nitrogens with one attached hydrogen (secondary N) is 2. The van der Waals surface area contributed by atoms with Crippen molar-refractivity contribution in [2.45, 2.75) is 31.2 Å². The van der Waals surface area contributed by atoms with Gasteiger partial charge in [-0.3, -0.25) is 25.3 Å². The summed E-state index contributed by atoms with van der Waals surface area (Å²) in [4.78, 5) is 27.1. The smallest absolute Gasteiger partial charge is 0.273 e. The van der Waals surface area contributed by atoms with Gasteiger partial charge in [0.25, 0.3) is 11.8 Å². The highest BCUT2D eigenvalue weighted by Crippen LogP contribution is 2.38. The molecular weight excluding hydrogens is 318 g/mol. The molecule has 2 amide bonds. The van der Waals surface area contributed by atoms with Crippen LogP contribution in [0.5, 0.6) is 5.75 Å². The minimum Gasteiger partial charge on any atom is -0.496 e. The molecule has 0 aliphatic carbocycles. The quantitative estimate of drug-likeness (QED) is 0.824. The summed E-state index contributed by atoms with van der Waals surface area (Å²) in [6, 6.07) is 4.74. The first-order valence-corrected chi connectivity index (χ1v) is 8.14. The number of fused-ring (bicyclic) bond motifs is 1. The van der Waals surface area contributed by atoms with Crippen molar-refractivity contribution in [3.8, 4) is 5.75 Å². The SMILES string of the molecule is COc1cc(Cl)ccc1C(=O)NNC(=O)C12CCCN1CCC2. The topological polar surface area (TPSA) is 70.7 Å². The van der Waals surface area contributed by atoms with Gasteiger partial charge in [0.15, 0.2) is 0 Å². The van der Waals surface area contributed by atoms with Gasteiger partial charge in [0.05, 0.1) is 12.7 Å². The summed E-state index contributed by atoms with van der Waals surface area (Å²) in [5, 5.41) is 0.480. The maximum atomic E-state index is 12.6. The average Bonchev–Trinajstić information content (AvgIpc) is 3.12. The van der Waals surface area contributed by atoms with Crippen LogP contribution in [0.4, 0.5) is 0 Å². The van der Waals surface area contributed by atoms with E-state index in [1.165, 1.54) is 7.11 Å². The van der Waals surface area contributed by atoms with Crippen LogP contribution in [0.2, 0.25) is 5.02 Å². The Labute approximate surface area is 140 Å². The van der Waals surface area contributed by atoms with E-state index in [4.69, 9.17) is 16.3 Å². The van der Waals surface area contributed by atoms with E-state index in [2.05, 4.69) is 15.8 Å².